The van der Waals surface area contributed by atoms with Crippen LogP contribution in [0.3, 0.4) is 0 Å². The predicted molar refractivity (Wildman–Crippen MR) is 229 cm³/mol. The van der Waals surface area contributed by atoms with Crippen LogP contribution in [0, 0.1) is 38.9 Å². The van der Waals surface area contributed by atoms with Crippen molar-refractivity contribution < 1.29 is 48.3 Å². The van der Waals surface area contributed by atoms with Gasteiger partial charge in [0.15, 0.2) is 6.29 Å². The van der Waals surface area contributed by atoms with Gasteiger partial charge in [0, 0.05) is 48.9 Å². The quantitative estimate of drug-likeness (QED) is 0.138. The highest BCUT2D eigenvalue weighted by molar-refractivity contribution is 6.14. The van der Waals surface area contributed by atoms with Gasteiger partial charge in [0.1, 0.15) is 18.0 Å². The third-order valence-electron chi connectivity index (χ3n) is 15.4. The van der Waals surface area contributed by atoms with Gasteiger partial charge in [0.2, 0.25) is 11.8 Å². The average molecular weight is 865 g/mol. The summed E-state index contributed by atoms with van der Waals surface area (Å²) in [5.74, 6) is -0.160. The standard InChI is InChI=1S/C47H68N4O11/c1-43(2,26-59-27-44(3,4)25-49-36(52)16-20-51-35(48)10-11-38(51)54)22-37(53)50-34-24-61-42(41(57)40(34)56)62-30-13-17-45(5)29(21-30)8-9-33-32(45)14-18-46(6)31(15-19-47(33,46)58)28-7-12-39(55)60-23-28/h7,10-12,21,23,30-34,40-42,48,56-58H,8-9,13-20,22,24-27H2,1-6H3,(H,49,52)(H,50,53)/t30-,31+,32?,33?,34-,40?,41?,42+,45-,46+,47-/m0/s1. The number of amides is 3. The minimum absolute atomic E-state index is 0.0303. The lowest BCUT2D eigenvalue weighted by atomic mass is 9.45. The van der Waals surface area contributed by atoms with E-state index >= 15 is 0 Å². The Morgan fingerprint density at radius 2 is 1.71 bits per heavy atom. The molecule has 7 rings (SSSR count). The second kappa shape index (κ2) is 17.7. The Labute approximate surface area is 364 Å². The molecule has 1 aromatic heterocycles. The third-order valence-corrected chi connectivity index (χ3v) is 15.4. The zero-order chi connectivity index (χ0) is 44.8. The first kappa shape index (κ1) is 46.3. The molecule has 6 N–H and O–H groups in total. The van der Waals surface area contributed by atoms with Crippen molar-refractivity contribution in [1.29, 1.82) is 5.41 Å². The number of carbonyl (C=O) groups is 3. The largest absolute Gasteiger partial charge is 0.431 e. The molecular formula is C47H68N4O11. The second-order valence-corrected chi connectivity index (χ2v) is 21.0. The fourth-order valence-corrected chi connectivity index (χ4v) is 11.8. The SMILES string of the molecule is CC(C)(CNC(=O)CCN1C(=N)C=CC1=O)COCC(C)(C)CC(=O)N[C@H]1CO[C@H](O[C@@H]2C=C3CCC4C(CC[C@]5(C)[C@@H](c6ccc(=O)oc6)CC[C@]45O)[C@@]3(C)CC2)C(O)C1O. The molecule has 1 aromatic rings. The number of nitrogens with one attached hydrogen (secondary N) is 3. The van der Waals surface area contributed by atoms with Gasteiger partial charge in [-0.05, 0) is 97.7 Å². The van der Waals surface area contributed by atoms with E-state index in [2.05, 4.69) is 30.6 Å². The smallest absolute Gasteiger partial charge is 0.335 e. The van der Waals surface area contributed by atoms with E-state index in [0.717, 1.165) is 50.5 Å². The van der Waals surface area contributed by atoms with Gasteiger partial charge in [-0.1, -0.05) is 53.2 Å². The van der Waals surface area contributed by atoms with Crippen molar-refractivity contribution in [1.82, 2.24) is 15.5 Å². The minimum atomic E-state index is -1.37. The molecule has 4 fully saturated rings. The Balaban J connectivity index is 0.847. The van der Waals surface area contributed by atoms with Crippen LogP contribution in [0.1, 0.15) is 117 Å². The molecule has 4 aliphatic carbocycles. The number of allylic oxidation sites excluding steroid dienone is 1. The average Bonchev–Trinajstić information content (AvgIpc) is 3.68. The Bertz CT molecular complexity index is 1960. The molecule has 0 radical (unpaired) electrons. The molecule has 15 heteroatoms. The number of hydrogen-bond donors (Lipinski definition) is 6. The molecule has 62 heavy (non-hydrogen) atoms. The van der Waals surface area contributed by atoms with Crippen LogP contribution < -0.4 is 16.3 Å². The summed E-state index contributed by atoms with van der Waals surface area (Å²) >= 11 is 0. The van der Waals surface area contributed by atoms with Crippen LogP contribution in [0.2, 0.25) is 0 Å². The summed E-state index contributed by atoms with van der Waals surface area (Å²) in [5.41, 5.74) is -0.233. The van der Waals surface area contributed by atoms with Gasteiger partial charge in [0.25, 0.3) is 5.91 Å². The number of ether oxygens (including phenoxy) is 3. The fraction of sp³-hybridized carbons (Fsp3) is 0.723. The summed E-state index contributed by atoms with van der Waals surface area (Å²) in [7, 11) is 0. The number of aliphatic hydroxyl groups excluding tert-OH is 2. The lowest BCUT2D eigenvalue weighted by Gasteiger charge is -2.62. The van der Waals surface area contributed by atoms with E-state index in [1.54, 1.807) is 6.26 Å². The van der Waals surface area contributed by atoms with Crippen molar-refractivity contribution in [3.8, 4) is 0 Å². The Morgan fingerprint density at radius 3 is 2.42 bits per heavy atom. The third kappa shape index (κ3) is 9.26. The van der Waals surface area contributed by atoms with Crippen molar-refractivity contribution in [3.05, 3.63) is 58.2 Å². The highest BCUT2D eigenvalue weighted by Crippen LogP contribution is 2.70. The Morgan fingerprint density at radius 1 is 0.952 bits per heavy atom. The van der Waals surface area contributed by atoms with Crippen molar-refractivity contribution in [2.75, 3.05) is 32.9 Å². The molecular weight excluding hydrogens is 797 g/mol. The molecule has 342 valence electrons. The van der Waals surface area contributed by atoms with Crippen molar-refractivity contribution >= 4 is 23.6 Å². The van der Waals surface area contributed by atoms with Crippen molar-refractivity contribution in [2.45, 2.75) is 148 Å². The van der Waals surface area contributed by atoms with Gasteiger partial charge in [0.05, 0.1) is 43.8 Å². The fourth-order valence-electron chi connectivity index (χ4n) is 11.8. The molecule has 4 unspecified atom stereocenters. The number of rotatable bonds is 15. The Hall–Kier alpha value is -3.73. The van der Waals surface area contributed by atoms with Crippen LogP contribution in [0.15, 0.2) is 51.4 Å². The van der Waals surface area contributed by atoms with E-state index in [0.29, 0.717) is 25.5 Å². The molecule has 3 amide bonds. The summed E-state index contributed by atoms with van der Waals surface area (Å²) in [6, 6.07) is 2.51. The molecule has 0 aromatic carbocycles. The number of amidine groups is 1. The molecule has 11 atom stereocenters. The Kier molecular flexibility index (Phi) is 13.2. The van der Waals surface area contributed by atoms with Crippen LogP contribution in [0.4, 0.5) is 0 Å². The van der Waals surface area contributed by atoms with Crippen LogP contribution in [0.25, 0.3) is 0 Å². The summed E-state index contributed by atoms with van der Waals surface area (Å²) in [6.07, 6.45) is 9.40. The van der Waals surface area contributed by atoms with E-state index in [-0.39, 0.29) is 90.6 Å². The van der Waals surface area contributed by atoms with Crippen LogP contribution in [0.5, 0.6) is 0 Å². The molecule has 1 saturated heterocycles. The number of fused-ring (bicyclic) bond motifs is 5. The zero-order valence-electron chi connectivity index (χ0n) is 37.2. The lowest BCUT2D eigenvalue weighted by molar-refractivity contribution is -0.262. The van der Waals surface area contributed by atoms with E-state index in [1.165, 1.54) is 28.7 Å². The number of carbonyl (C=O) groups excluding carboxylic acids is 3. The van der Waals surface area contributed by atoms with Gasteiger partial charge in [-0.3, -0.25) is 24.7 Å². The lowest BCUT2D eigenvalue weighted by Crippen LogP contribution is -2.61. The normalized spacial score (nSPS) is 35.8. The van der Waals surface area contributed by atoms with Gasteiger partial charge in [-0.2, -0.15) is 0 Å². The van der Waals surface area contributed by atoms with Gasteiger partial charge in [-0.15, -0.1) is 0 Å². The maximum Gasteiger partial charge on any atom is 0.335 e. The summed E-state index contributed by atoms with van der Waals surface area (Å²) in [6.45, 7) is 13.3. The van der Waals surface area contributed by atoms with Crippen molar-refractivity contribution in [2.24, 2.45) is 33.5 Å². The van der Waals surface area contributed by atoms with Gasteiger partial charge in [-0.25, -0.2) is 4.79 Å². The summed E-state index contributed by atoms with van der Waals surface area (Å²) < 4.78 is 23.5. The first-order valence-corrected chi connectivity index (χ1v) is 22.5. The zero-order valence-corrected chi connectivity index (χ0v) is 37.2. The molecule has 15 nitrogen and oxygen atoms in total. The minimum Gasteiger partial charge on any atom is -0.431 e. The molecule has 2 aliphatic heterocycles. The number of hydrogen-bond acceptors (Lipinski definition) is 12. The van der Waals surface area contributed by atoms with E-state index in [1.807, 2.05) is 33.8 Å². The van der Waals surface area contributed by atoms with Gasteiger partial charge < -0.3 is 44.6 Å². The summed E-state index contributed by atoms with van der Waals surface area (Å²) in [5, 5.41) is 48.4. The molecule has 6 aliphatic rings. The highest BCUT2D eigenvalue weighted by Gasteiger charge is 2.66. The van der Waals surface area contributed by atoms with Crippen molar-refractivity contribution in [3.63, 3.8) is 0 Å². The van der Waals surface area contributed by atoms with Crippen LogP contribution in [-0.2, 0) is 28.6 Å². The molecule has 3 saturated carbocycles. The predicted octanol–water partition coefficient (Wildman–Crippen LogP) is 4.09. The van der Waals surface area contributed by atoms with E-state index in [9.17, 15) is 34.5 Å². The summed E-state index contributed by atoms with van der Waals surface area (Å²) in [4.78, 5) is 50.3. The first-order valence-electron chi connectivity index (χ1n) is 22.5. The van der Waals surface area contributed by atoms with E-state index < -0.39 is 41.0 Å². The van der Waals surface area contributed by atoms with Crippen LogP contribution >= 0.6 is 0 Å². The molecule has 0 spiro atoms. The second-order valence-electron chi connectivity index (χ2n) is 21.0. The van der Waals surface area contributed by atoms with Crippen LogP contribution in [-0.4, -0.2) is 113 Å². The topological polar surface area (TPSA) is 221 Å². The monoisotopic (exact) mass is 864 g/mol. The number of aliphatic hydroxyl groups is 3. The number of nitrogens with zero attached hydrogens (tertiary/aromatic N) is 1. The maximum absolute atomic E-state index is 13.2. The first-order chi connectivity index (χ1) is 29.1. The highest BCUT2D eigenvalue weighted by atomic mass is 16.7. The maximum atomic E-state index is 13.2. The molecule has 0 bridgehead atoms. The van der Waals surface area contributed by atoms with E-state index in [4.69, 9.17) is 24.0 Å². The van der Waals surface area contributed by atoms with Gasteiger partial charge >= 0.3 is 5.63 Å². The molecule has 3 heterocycles.